The summed E-state index contributed by atoms with van der Waals surface area (Å²) >= 11 is 0. The molecule has 0 saturated heterocycles. The van der Waals surface area contributed by atoms with Gasteiger partial charge in [0.25, 0.3) is 0 Å². The lowest BCUT2D eigenvalue weighted by Gasteiger charge is -2.61. The van der Waals surface area contributed by atoms with E-state index < -0.39 is 0 Å². The van der Waals surface area contributed by atoms with Gasteiger partial charge in [0, 0.05) is 6.08 Å². The van der Waals surface area contributed by atoms with Gasteiger partial charge in [-0.15, -0.1) is 0 Å². The molecule has 4 saturated carbocycles. The largest absolute Gasteiger partial charge is 0.463 e. The van der Waals surface area contributed by atoms with Crippen molar-refractivity contribution in [3.63, 3.8) is 0 Å². The Balaban J connectivity index is 1.18. The highest BCUT2D eigenvalue weighted by Gasteiger charge is 2.60. The highest BCUT2D eigenvalue weighted by atomic mass is 16.5. The van der Waals surface area contributed by atoms with Crippen molar-refractivity contribution in [3.8, 4) is 0 Å². The van der Waals surface area contributed by atoms with E-state index in [0.29, 0.717) is 29.3 Å². The highest BCUT2D eigenvalue weighted by molar-refractivity contribution is 5.81. The van der Waals surface area contributed by atoms with Crippen LogP contribution in [0, 0.1) is 58.2 Å². The molecule has 248 valence electrons. The van der Waals surface area contributed by atoms with Crippen molar-refractivity contribution in [1.29, 1.82) is 0 Å². The molecule has 2 heteroatoms. The Labute approximate surface area is 268 Å². The fraction of sp³-hybridized carbons (Fsp3) is 0.927. The molecule has 1 unspecified atom stereocenters. The maximum atomic E-state index is 12.3. The minimum atomic E-state index is -0.143. The first kappa shape index (κ1) is 35.1. The Hall–Kier alpha value is -0.790. The molecule has 9 atom stereocenters. The summed E-state index contributed by atoms with van der Waals surface area (Å²) in [6.07, 6.45) is 32.6. The van der Waals surface area contributed by atoms with Crippen LogP contribution in [-0.4, -0.2) is 12.6 Å². The summed E-state index contributed by atoms with van der Waals surface area (Å²) in [5.41, 5.74) is 1.23. The maximum absolute atomic E-state index is 12.3. The number of hydrogen-bond acceptors (Lipinski definition) is 2. The van der Waals surface area contributed by atoms with Crippen molar-refractivity contribution < 1.29 is 9.53 Å². The average Bonchev–Trinajstić information content (AvgIpc) is 3.34. The summed E-state index contributed by atoms with van der Waals surface area (Å²) in [4.78, 5) is 12.3. The fourth-order valence-corrected chi connectivity index (χ4v) is 11.5. The van der Waals surface area contributed by atoms with Gasteiger partial charge < -0.3 is 4.74 Å². The molecule has 0 aliphatic heterocycles. The maximum Gasteiger partial charge on any atom is 0.330 e. The first-order valence-corrected chi connectivity index (χ1v) is 19.5. The van der Waals surface area contributed by atoms with Gasteiger partial charge in [0.2, 0.25) is 0 Å². The number of ether oxygens (including phenoxy) is 1. The van der Waals surface area contributed by atoms with Gasteiger partial charge in [0.1, 0.15) is 0 Å². The van der Waals surface area contributed by atoms with Gasteiger partial charge in [-0.05, 0) is 135 Å². The fourth-order valence-electron chi connectivity index (χ4n) is 11.5. The summed E-state index contributed by atoms with van der Waals surface area (Å²) in [5, 5.41) is 0. The van der Waals surface area contributed by atoms with Crippen LogP contribution in [0.5, 0.6) is 0 Å². The van der Waals surface area contributed by atoms with Crippen molar-refractivity contribution in [2.45, 2.75) is 176 Å². The molecule has 0 N–H and O–H groups in total. The van der Waals surface area contributed by atoms with Gasteiger partial charge in [-0.1, -0.05) is 105 Å². The van der Waals surface area contributed by atoms with Gasteiger partial charge in [-0.3, -0.25) is 0 Å². The molecule has 0 amide bonds. The Morgan fingerprint density at radius 1 is 0.791 bits per heavy atom. The second-order valence-corrected chi connectivity index (χ2v) is 17.0. The first-order valence-electron chi connectivity index (χ1n) is 19.5. The van der Waals surface area contributed by atoms with Crippen LogP contribution in [0.15, 0.2) is 12.2 Å². The van der Waals surface area contributed by atoms with E-state index in [1.54, 1.807) is 6.08 Å². The lowest BCUT2D eigenvalue weighted by molar-refractivity contribution is -0.138. The molecule has 4 aliphatic carbocycles. The summed E-state index contributed by atoms with van der Waals surface area (Å²) in [6.45, 7) is 15.6. The Morgan fingerprint density at radius 3 is 2.30 bits per heavy atom. The predicted octanol–water partition coefficient (Wildman–Crippen LogP) is 12.4. The molecule has 0 aromatic heterocycles. The Morgan fingerprint density at radius 2 is 1.53 bits per heavy atom. The number of carbonyl (C=O) groups is 1. The number of allylic oxidation sites excluding steroid dienone is 1. The monoisotopic (exact) mass is 597 g/mol. The summed E-state index contributed by atoms with van der Waals surface area (Å²) < 4.78 is 5.66. The van der Waals surface area contributed by atoms with Crippen molar-refractivity contribution >= 4 is 5.97 Å². The second kappa shape index (κ2) is 16.7. The zero-order chi connectivity index (χ0) is 30.9. The van der Waals surface area contributed by atoms with E-state index in [2.05, 4.69) is 41.5 Å². The first-order chi connectivity index (χ1) is 20.7. The van der Waals surface area contributed by atoms with Crippen LogP contribution < -0.4 is 0 Å². The zero-order valence-electron chi connectivity index (χ0n) is 29.6. The SMILES string of the molecule is CCCCCCCCCC=CC(=O)OCC[C@H](CC[C@@H](C)[C@H]1CC[C@H]2[C@@H]3CCC4CCCC[C@]4(C)[C@H]3CC[C@]12C)C(C)C. The molecule has 0 spiro atoms. The number of hydrogen-bond donors (Lipinski definition) is 0. The van der Waals surface area contributed by atoms with Crippen molar-refractivity contribution in [2.75, 3.05) is 6.61 Å². The molecule has 2 nitrogen and oxygen atoms in total. The third-order valence-electron chi connectivity index (χ3n) is 14.2. The lowest BCUT2D eigenvalue weighted by atomic mass is 9.44. The number of rotatable bonds is 17. The Bertz CT molecular complexity index is 860. The average molecular weight is 597 g/mol. The smallest absolute Gasteiger partial charge is 0.330 e. The molecular formula is C41H72O2. The van der Waals surface area contributed by atoms with Gasteiger partial charge in [0.05, 0.1) is 6.61 Å². The number of carbonyl (C=O) groups excluding carboxylic acids is 1. The molecule has 0 aromatic rings. The topological polar surface area (TPSA) is 26.3 Å². The zero-order valence-corrected chi connectivity index (χ0v) is 29.6. The van der Waals surface area contributed by atoms with Crippen molar-refractivity contribution in [3.05, 3.63) is 12.2 Å². The van der Waals surface area contributed by atoms with Gasteiger partial charge in [-0.2, -0.15) is 0 Å². The van der Waals surface area contributed by atoms with Crippen molar-refractivity contribution in [2.24, 2.45) is 58.2 Å². The molecule has 4 aliphatic rings. The standard InChI is InChI=1S/C41H72O2/c1-7-8-9-10-11-12-13-14-15-19-39(42)43-30-27-33(31(2)3)21-20-32(4)36-24-25-37-35-23-22-34-18-16-17-28-40(34,5)38(35)26-29-41(36,37)6/h15,19,31-38H,7-14,16-18,20-30H2,1-6H3/t32-,33+,34?,35+,36-,37+,38+,40+,41-/m1/s1. The van der Waals surface area contributed by atoms with E-state index in [1.165, 1.54) is 122 Å². The minimum absolute atomic E-state index is 0.143. The van der Waals surface area contributed by atoms with E-state index in [0.717, 1.165) is 48.3 Å². The van der Waals surface area contributed by atoms with Gasteiger partial charge >= 0.3 is 5.97 Å². The highest BCUT2D eigenvalue weighted by Crippen LogP contribution is 2.68. The van der Waals surface area contributed by atoms with Crippen LogP contribution in [0.25, 0.3) is 0 Å². The Kier molecular flexibility index (Phi) is 13.6. The van der Waals surface area contributed by atoms with Crippen LogP contribution >= 0.6 is 0 Å². The van der Waals surface area contributed by atoms with E-state index in [1.807, 2.05) is 6.08 Å². The normalized spacial score (nSPS) is 35.4. The lowest BCUT2D eigenvalue weighted by Crippen LogP contribution is -2.53. The molecular weight excluding hydrogens is 524 g/mol. The second-order valence-electron chi connectivity index (χ2n) is 17.0. The van der Waals surface area contributed by atoms with E-state index in [9.17, 15) is 4.79 Å². The molecule has 43 heavy (non-hydrogen) atoms. The van der Waals surface area contributed by atoms with Crippen LogP contribution in [0.1, 0.15) is 176 Å². The molecule has 0 radical (unpaired) electrons. The summed E-state index contributed by atoms with van der Waals surface area (Å²) in [7, 11) is 0. The summed E-state index contributed by atoms with van der Waals surface area (Å²) in [5.74, 6) is 6.91. The van der Waals surface area contributed by atoms with E-state index >= 15 is 0 Å². The molecule has 4 rings (SSSR count). The van der Waals surface area contributed by atoms with Crippen LogP contribution in [0.3, 0.4) is 0 Å². The number of fused-ring (bicyclic) bond motifs is 5. The van der Waals surface area contributed by atoms with Crippen LogP contribution in [0.2, 0.25) is 0 Å². The minimum Gasteiger partial charge on any atom is -0.463 e. The predicted molar refractivity (Wildman–Crippen MR) is 184 cm³/mol. The number of unbranched alkanes of at least 4 members (excludes halogenated alkanes) is 7. The van der Waals surface area contributed by atoms with Crippen LogP contribution in [0.4, 0.5) is 0 Å². The third-order valence-corrected chi connectivity index (χ3v) is 14.2. The molecule has 0 aromatic carbocycles. The quantitative estimate of drug-likeness (QED) is 0.0948. The molecule has 0 bridgehead atoms. The third kappa shape index (κ3) is 8.73. The van der Waals surface area contributed by atoms with E-state index in [4.69, 9.17) is 4.74 Å². The van der Waals surface area contributed by atoms with Gasteiger partial charge in [-0.25, -0.2) is 4.79 Å². The van der Waals surface area contributed by atoms with Gasteiger partial charge in [0.15, 0.2) is 0 Å². The van der Waals surface area contributed by atoms with Crippen molar-refractivity contribution in [1.82, 2.24) is 0 Å². The van der Waals surface area contributed by atoms with Crippen LogP contribution in [-0.2, 0) is 9.53 Å². The molecule has 0 heterocycles. The molecule has 4 fully saturated rings. The number of esters is 1. The summed E-state index contributed by atoms with van der Waals surface area (Å²) in [6, 6.07) is 0. The van der Waals surface area contributed by atoms with E-state index in [-0.39, 0.29) is 5.97 Å².